The highest BCUT2D eigenvalue weighted by Gasteiger charge is 2.17. The normalized spacial score (nSPS) is 11.8. The third kappa shape index (κ3) is 5.86. The summed E-state index contributed by atoms with van der Waals surface area (Å²) in [6.07, 6.45) is 3.64. The Hall–Kier alpha value is -8.54. The molecule has 294 valence electrons. The minimum Gasteiger partial charge on any atom is -0.454 e. The van der Waals surface area contributed by atoms with Crippen molar-refractivity contribution in [2.45, 2.75) is 0 Å². The molecule has 0 aliphatic carbocycles. The molecule has 13 aromatic rings. The van der Waals surface area contributed by atoms with Crippen LogP contribution in [-0.4, -0.2) is 14.5 Å². The van der Waals surface area contributed by atoms with Crippen molar-refractivity contribution in [1.82, 2.24) is 14.5 Å². The van der Waals surface area contributed by atoms with E-state index in [1.165, 1.54) is 32.9 Å². The average Bonchev–Trinajstić information content (AvgIpc) is 4.03. The Kier molecular flexibility index (Phi) is 7.84. The van der Waals surface area contributed by atoms with E-state index in [1.54, 1.807) is 0 Å². The maximum Gasteiger partial charge on any atom is 0.153 e. The van der Waals surface area contributed by atoms with Gasteiger partial charge in [-0.2, -0.15) is 0 Å². The topological polar surface area (TPSA) is 57.0 Å². The molecule has 63 heavy (non-hydrogen) atoms. The fourth-order valence-electron chi connectivity index (χ4n) is 9.43. The molecule has 0 atom stereocenters. The van der Waals surface area contributed by atoms with Gasteiger partial charge in [-0.3, -0.25) is 9.97 Å². The van der Waals surface area contributed by atoms with E-state index in [1.807, 2.05) is 42.7 Å². The van der Waals surface area contributed by atoms with Gasteiger partial charge in [-0.25, -0.2) is 0 Å². The van der Waals surface area contributed by atoms with E-state index >= 15 is 0 Å². The molecule has 5 heterocycles. The monoisotopic (exact) mass is 805 g/mol. The Balaban J connectivity index is 0.896. The summed E-state index contributed by atoms with van der Waals surface area (Å²) < 4.78 is 14.5. The molecule has 0 amide bonds. The summed E-state index contributed by atoms with van der Waals surface area (Å²) in [4.78, 5) is 9.22. The predicted octanol–water partition coefficient (Wildman–Crippen LogP) is 15.7. The second-order valence-electron chi connectivity index (χ2n) is 16.2. The van der Waals surface area contributed by atoms with Crippen molar-refractivity contribution < 1.29 is 8.83 Å². The summed E-state index contributed by atoms with van der Waals surface area (Å²) in [5.41, 5.74) is 20.1. The molecule has 0 aliphatic rings. The molecule has 0 radical (unpaired) electrons. The van der Waals surface area contributed by atoms with Crippen LogP contribution in [0.25, 0.3) is 127 Å². The molecule has 0 aliphatic heterocycles. The van der Waals surface area contributed by atoms with Gasteiger partial charge in [0.05, 0.1) is 11.0 Å². The number of fused-ring (bicyclic) bond motifs is 9. The molecule has 5 aromatic heterocycles. The van der Waals surface area contributed by atoms with Crippen molar-refractivity contribution in [3.8, 4) is 61.3 Å². The van der Waals surface area contributed by atoms with Crippen LogP contribution in [0.5, 0.6) is 0 Å². The van der Waals surface area contributed by atoms with E-state index < -0.39 is 0 Å². The van der Waals surface area contributed by atoms with Crippen LogP contribution in [-0.2, 0) is 0 Å². The number of nitrogens with zero attached hydrogens (tertiary/aromatic N) is 3. The lowest BCUT2D eigenvalue weighted by Crippen LogP contribution is -1.93. The minimum absolute atomic E-state index is 0.801. The molecule has 0 unspecified atom stereocenters. The fraction of sp³-hybridized carbons (Fsp3) is 0. The van der Waals surface area contributed by atoms with Crippen LogP contribution in [0.15, 0.2) is 221 Å². The highest BCUT2D eigenvalue weighted by molar-refractivity contribution is 6.12. The predicted molar refractivity (Wildman–Crippen MR) is 258 cm³/mol. The smallest absolute Gasteiger partial charge is 0.153 e. The first-order chi connectivity index (χ1) is 31.2. The van der Waals surface area contributed by atoms with E-state index in [2.05, 4.69) is 184 Å². The van der Waals surface area contributed by atoms with Crippen molar-refractivity contribution in [2.24, 2.45) is 0 Å². The molecular weight excluding hydrogens is 771 g/mol. The summed E-state index contributed by atoms with van der Waals surface area (Å²) >= 11 is 0. The van der Waals surface area contributed by atoms with Crippen LogP contribution in [0.1, 0.15) is 0 Å². The van der Waals surface area contributed by atoms with Crippen LogP contribution >= 0.6 is 0 Å². The lowest BCUT2D eigenvalue weighted by atomic mass is 9.95. The van der Waals surface area contributed by atoms with Gasteiger partial charge in [0.2, 0.25) is 0 Å². The number of benzene rings is 8. The summed E-state index contributed by atoms with van der Waals surface area (Å²) in [6.45, 7) is 0. The zero-order valence-corrected chi connectivity index (χ0v) is 33.9. The van der Waals surface area contributed by atoms with E-state index in [9.17, 15) is 0 Å². The van der Waals surface area contributed by atoms with E-state index in [0.717, 1.165) is 94.3 Å². The van der Waals surface area contributed by atoms with Gasteiger partial charge in [0, 0.05) is 39.6 Å². The van der Waals surface area contributed by atoms with Crippen molar-refractivity contribution in [1.29, 1.82) is 0 Å². The van der Waals surface area contributed by atoms with E-state index in [4.69, 9.17) is 8.83 Å². The third-order valence-electron chi connectivity index (χ3n) is 12.5. The van der Waals surface area contributed by atoms with Gasteiger partial charge < -0.3 is 13.4 Å². The zero-order valence-electron chi connectivity index (χ0n) is 33.9. The summed E-state index contributed by atoms with van der Waals surface area (Å²) in [7, 11) is 0. The summed E-state index contributed by atoms with van der Waals surface area (Å²) in [5, 5.41) is 4.46. The molecule has 5 heteroatoms. The number of aromatic nitrogens is 3. The van der Waals surface area contributed by atoms with Gasteiger partial charge in [-0.15, -0.1) is 0 Å². The Morgan fingerprint density at radius 1 is 0.286 bits per heavy atom. The average molecular weight is 806 g/mol. The summed E-state index contributed by atoms with van der Waals surface area (Å²) in [5.74, 6) is 0. The van der Waals surface area contributed by atoms with Gasteiger partial charge in [-0.1, -0.05) is 97.1 Å². The molecule has 0 fully saturated rings. The standard InChI is InChI=1S/C58H35N3O2/c1-2-15-46(16-3-1)61-51-23-19-42(38-11-4-9-36(29-38)37-10-5-13-40(30-37)44-21-25-53-49(34-44)57-55(62-53)17-7-27-59-57)32-47(51)48-33-43(20-24-52(48)61)39-12-6-14-41(31-39)45-22-26-54-50(35-45)58-56(63-54)18-8-28-60-58/h1-35H. The molecule has 0 N–H and O–H groups in total. The highest BCUT2D eigenvalue weighted by atomic mass is 16.3. The SMILES string of the molecule is c1ccc(-n2c3ccc(-c4cccc(-c5cccc(-c6ccc7oc8cccnc8c7c6)c5)c4)cc3c3cc(-c4cccc(-c5ccc6oc7cccnc7c6c5)c4)ccc32)cc1. The van der Waals surface area contributed by atoms with Crippen LogP contribution < -0.4 is 0 Å². The largest absolute Gasteiger partial charge is 0.454 e. The van der Waals surface area contributed by atoms with Crippen LogP contribution in [0.3, 0.4) is 0 Å². The lowest BCUT2D eigenvalue weighted by Gasteiger charge is -2.10. The molecule has 0 saturated carbocycles. The summed E-state index contributed by atoms with van der Waals surface area (Å²) in [6, 6.07) is 71.4. The third-order valence-corrected chi connectivity index (χ3v) is 12.5. The molecular formula is C58H35N3O2. The van der Waals surface area contributed by atoms with Crippen molar-refractivity contribution in [3.63, 3.8) is 0 Å². The number of pyridine rings is 2. The van der Waals surface area contributed by atoms with Gasteiger partial charge in [0.1, 0.15) is 22.2 Å². The molecule has 13 rings (SSSR count). The van der Waals surface area contributed by atoms with Gasteiger partial charge in [0.15, 0.2) is 11.2 Å². The van der Waals surface area contributed by atoms with E-state index in [-0.39, 0.29) is 0 Å². The Morgan fingerprint density at radius 2 is 0.667 bits per heavy atom. The molecule has 8 aromatic carbocycles. The van der Waals surface area contributed by atoms with Crippen molar-refractivity contribution in [3.05, 3.63) is 213 Å². The highest BCUT2D eigenvalue weighted by Crippen LogP contribution is 2.40. The van der Waals surface area contributed by atoms with Gasteiger partial charge >= 0.3 is 0 Å². The van der Waals surface area contributed by atoms with Crippen molar-refractivity contribution >= 4 is 65.9 Å². The number of hydrogen-bond donors (Lipinski definition) is 0. The van der Waals surface area contributed by atoms with E-state index in [0.29, 0.717) is 0 Å². The quantitative estimate of drug-likeness (QED) is 0.168. The van der Waals surface area contributed by atoms with Gasteiger partial charge in [0.25, 0.3) is 0 Å². The maximum absolute atomic E-state index is 6.08. The molecule has 0 saturated heterocycles. The molecule has 0 spiro atoms. The lowest BCUT2D eigenvalue weighted by molar-refractivity contribution is 0.668. The second-order valence-corrected chi connectivity index (χ2v) is 16.2. The number of para-hydroxylation sites is 1. The first-order valence-electron chi connectivity index (χ1n) is 21.2. The first kappa shape index (κ1) is 35.2. The van der Waals surface area contributed by atoms with Crippen molar-refractivity contribution in [2.75, 3.05) is 0 Å². The number of hydrogen-bond acceptors (Lipinski definition) is 4. The first-order valence-corrected chi connectivity index (χ1v) is 21.2. The minimum atomic E-state index is 0.801. The van der Waals surface area contributed by atoms with Crippen LogP contribution in [0, 0.1) is 0 Å². The molecule has 0 bridgehead atoms. The Labute approximate surface area is 361 Å². The fourth-order valence-corrected chi connectivity index (χ4v) is 9.43. The maximum atomic E-state index is 6.08. The van der Waals surface area contributed by atoms with Gasteiger partial charge in [-0.05, 0) is 159 Å². The Bertz CT molecular complexity index is 3930. The number of rotatable bonds is 6. The zero-order chi connectivity index (χ0) is 41.4. The number of furan rings is 2. The Morgan fingerprint density at radius 3 is 1.10 bits per heavy atom. The second kappa shape index (κ2) is 14.0. The molecule has 5 nitrogen and oxygen atoms in total. The van der Waals surface area contributed by atoms with Crippen LogP contribution in [0.2, 0.25) is 0 Å². The van der Waals surface area contributed by atoms with Crippen LogP contribution in [0.4, 0.5) is 0 Å².